The maximum atomic E-state index is 12.3. The zero-order chi connectivity index (χ0) is 14.6. The minimum absolute atomic E-state index is 0.0913. The minimum atomic E-state index is -0.0924. The quantitative estimate of drug-likeness (QED) is 0.867. The monoisotopic (exact) mass is 279 g/mol. The lowest BCUT2D eigenvalue weighted by Gasteiger charge is -2.35. The van der Waals surface area contributed by atoms with Crippen molar-refractivity contribution < 1.29 is 5.11 Å². The molecule has 0 saturated heterocycles. The molecule has 0 bridgehead atoms. The van der Waals surface area contributed by atoms with E-state index in [4.69, 9.17) is 0 Å². The number of hydrogen-bond donors (Lipinski definition) is 2. The van der Waals surface area contributed by atoms with Crippen LogP contribution in [0.25, 0.3) is 0 Å². The van der Waals surface area contributed by atoms with E-state index >= 15 is 0 Å². The molecule has 0 spiro atoms. The van der Waals surface area contributed by atoms with Crippen LogP contribution in [0.5, 0.6) is 0 Å². The molecule has 20 heavy (non-hydrogen) atoms. The van der Waals surface area contributed by atoms with Crippen molar-refractivity contribution in [2.45, 2.75) is 52.0 Å². The summed E-state index contributed by atoms with van der Waals surface area (Å²) >= 11 is 0. The van der Waals surface area contributed by atoms with Crippen LogP contribution in [-0.4, -0.2) is 27.8 Å². The van der Waals surface area contributed by atoms with E-state index < -0.39 is 0 Å². The SMILES string of the molecule is CC(C)n1ccnc(NCC2(CO)CCCCC2)c1=O. The normalized spacial score (nSPS) is 18.2. The standard InChI is InChI=1S/C15H25N3O2/c1-12(2)18-9-8-16-13(14(18)20)17-10-15(11-19)6-4-3-5-7-15/h8-9,12,19H,3-7,10-11H2,1-2H3,(H,16,17). The van der Waals surface area contributed by atoms with E-state index in [2.05, 4.69) is 10.3 Å². The zero-order valence-corrected chi connectivity index (χ0v) is 12.4. The molecule has 5 heteroatoms. The van der Waals surface area contributed by atoms with Crippen LogP contribution in [0.4, 0.5) is 5.82 Å². The van der Waals surface area contributed by atoms with Crippen molar-refractivity contribution in [1.82, 2.24) is 9.55 Å². The van der Waals surface area contributed by atoms with E-state index in [-0.39, 0.29) is 23.6 Å². The minimum Gasteiger partial charge on any atom is -0.396 e. The molecule has 5 nitrogen and oxygen atoms in total. The number of hydrogen-bond acceptors (Lipinski definition) is 4. The number of nitrogens with zero attached hydrogens (tertiary/aromatic N) is 2. The van der Waals surface area contributed by atoms with Gasteiger partial charge in [-0.1, -0.05) is 19.3 Å². The Bertz CT molecular complexity index is 490. The van der Waals surface area contributed by atoms with Gasteiger partial charge in [0.2, 0.25) is 0 Å². The molecule has 1 aliphatic carbocycles. The molecule has 2 rings (SSSR count). The average Bonchev–Trinajstić information content (AvgIpc) is 2.47. The fourth-order valence-corrected chi connectivity index (χ4v) is 2.92. The van der Waals surface area contributed by atoms with Gasteiger partial charge in [-0.25, -0.2) is 4.98 Å². The van der Waals surface area contributed by atoms with Crippen LogP contribution in [-0.2, 0) is 0 Å². The maximum absolute atomic E-state index is 12.3. The molecule has 0 atom stereocenters. The molecule has 0 amide bonds. The predicted octanol–water partition coefficient (Wildman–Crippen LogP) is 2.18. The van der Waals surface area contributed by atoms with Gasteiger partial charge in [0.15, 0.2) is 5.82 Å². The van der Waals surface area contributed by atoms with Crippen molar-refractivity contribution in [3.63, 3.8) is 0 Å². The fourth-order valence-electron chi connectivity index (χ4n) is 2.92. The molecule has 2 N–H and O–H groups in total. The molecule has 1 heterocycles. The van der Waals surface area contributed by atoms with Gasteiger partial charge >= 0.3 is 0 Å². The number of nitrogens with one attached hydrogen (secondary N) is 1. The van der Waals surface area contributed by atoms with Gasteiger partial charge in [-0.15, -0.1) is 0 Å². The molecule has 1 fully saturated rings. The Morgan fingerprint density at radius 3 is 2.70 bits per heavy atom. The molecule has 0 radical (unpaired) electrons. The van der Waals surface area contributed by atoms with Crippen molar-refractivity contribution in [1.29, 1.82) is 0 Å². The van der Waals surface area contributed by atoms with Crippen molar-refractivity contribution >= 4 is 5.82 Å². The van der Waals surface area contributed by atoms with Gasteiger partial charge in [-0.3, -0.25) is 4.79 Å². The van der Waals surface area contributed by atoms with Gasteiger partial charge in [0.25, 0.3) is 5.56 Å². The van der Waals surface area contributed by atoms with Crippen LogP contribution in [0.1, 0.15) is 52.0 Å². The molecule has 1 aromatic rings. The number of anilines is 1. The second-order valence-corrected chi connectivity index (χ2v) is 6.15. The molecule has 0 unspecified atom stereocenters. The molecular formula is C15H25N3O2. The first kappa shape index (κ1) is 15.0. The Balaban J connectivity index is 2.10. The third-order valence-corrected chi connectivity index (χ3v) is 4.30. The van der Waals surface area contributed by atoms with E-state index in [1.807, 2.05) is 13.8 Å². The van der Waals surface area contributed by atoms with Crippen LogP contribution in [0.2, 0.25) is 0 Å². The Morgan fingerprint density at radius 2 is 2.10 bits per heavy atom. The third-order valence-electron chi connectivity index (χ3n) is 4.30. The first-order chi connectivity index (χ1) is 9.58. The van der Waals surface area contributed by atoms with Crippen molar-refractivity contribution in [3.8, 4) is 0 Å². The van der Waals surface area contributed by atoms with Crippen LogP contribution in [0.15, 0.2) is 17.2 Å². The number of aromatic nitrogens is 2. The number of rotatable bonds is 5. The van der Waals surface area contributed by atoms with Crippen LogP contribution in [0, 0.1) is 5.41 Å². The Kier molecular flexibility index (Phi) is 4.81. The highest BCUT2D eigenvalue weighted by Gasteiger charge is 2.31. The van der Waals surface area contributed by atoms with Crippen molar-refractivity contribution in [3.05, 3.63) is 22.7 Å². The van der Waals surface area contributed by atoms with Crippen LogP contribution >= 0.6 is 0 Å². The first-order valence-electron chi connectivity index (χ1n) is 7.50. The van der Waals surface area contributed by atoms with Gasteiger partial charge in [-0.05, 0) is 26.7 Å². The van der Waals surface area contributed by atoms with Gasteiger partial charge in [0.05, 0.1) is 6.61 Å². The second kappa shape index (κ2) is 6.39. The van der Waals surface area contributed by atoms with Gasteiger partial charge < -0.3 is 15.0 Å². The molecule has 112 valence electrons. The summed E-state index contributed by atoms with van der Waals surface area (Å²) in [6.45, 7) is 4.74. The summed E-state index contributed by atoms with van der Waals surface area (Å²) < 4.78 is 1.67. The summed E-state index contributed by atoms with van der Waals surface area (Å²) in [6, 6.07) is 0.118. The molecule has 1 saturated carbocycles. The zero-order valence-electron chi connectivity index (χ0n) is 12.4. The van der Waals surface area contributed by atoms with Gasteiger partial charge in [0.1, 0.15) is 0 Å². The lowest BCUT2D eigenvalue weighted by atomic mass is 9.74. The summed E-state index contributed by atoms with van der Waals surface area (Å²) in [5.41, 5.74) is -0.184. The van der Waals surface area contributed by atoms with Crippen LogP contribution < -0.4 is 10.9 Å². The number of aliphatic hydroxyl groups is 1. The summed E-state index contributed by atoms with van der Waals surface area (Å²) in [5, 5.41) is 12.9. The van der Waals surface area contributed by atoms with Crippen molar-refractivity contribution in [2.75, 3.05) is 18.5 Å². The summed E-state index contributed by atoms with van der Waals surface area (Å²) in [6.07, 6.45) is 8.94. The lowest BCUT2D eigenvalue weighted by Crippen LogP contribution is -2.37. The van der Waals surface area contributed by atoms with E-state index in [0.29, 0.717) is 12.4 Å². The van der Waals surface area contributed by atoms with Gasteiger partial charge in [0, 0.05) is 30.4 Å². The Hall–Kier alpha value is -1.36. The van der Waals surface area contributed by atoms with E-state index in [1.54, 1.807) is 17.0 Å². The van der Waals surface area contributed by atoms with Crippen LogP contribution in [0.3, 0.4) is 0 Å². The Labute approximate surface area is 120 Å². The highest BCUT2D eigenvalue weighted by atomic mass is 16.3. The molecular weight excluding hydrogens is 254 g/mol. The third kappa shape index (κ3) is 3.20. The molecule has 0 aliphatic heterocycles. The highest BCUT2D eigenvalue weighted by Crippen LogP contribution is 2.35. The lowest BCUT2D eigenvalue weighted by molar-refractivity contribution is 0.0943. The molecule has 1 aliphatic rings. The number of aliphatic hydroxyl groups excluding tert-OH is 1. The second-order valence-electron chi connectivity index (χ2n) is 6.15. The topological polar surface area (TPSA) is 67.2 Å². The van der Waals surface area contributed by atoms with E-state index in [1.165, 1.54) is 6.42 Å². The average molecular weight is 279 g/mol. The highest BCUT2D eigenvalue weighted by molar-refractivity contribution is 5.31. The van der Waals surface area contributed by atoms with Gasteiger partial charge in [-0.2, -0.15) is 0 Å². The Morgan fingerprint density at radius 1 is 1.40 bits per heavy atom. The predicted molar refractivity (Wildman–Crippen MR) is 80.0 cm³/mol. The maximum Gasteiger partial charge on any atom is 0.293 e. The first-order valence-corrected chi connectivity index (χ1v) is 7.50. The molecule has 0 aromatic carbocycles. The van der Waals surface area contributed by atoms with E-state index in [9.17, 15) is 9.90 Å². The largest absolute Gasteiger partial charge is 0.396 e. The summed E-state index contributed by atoms with van der Waals surface area (Å²) in [5.74, 6) is 0.389. The fraction of sp³-hybridized carbons (Fsp3) is 0.733. The molecule has 1 aromatic heterocycles. The summed E-state index contributed by atoms with van der Waals surface area (Å²) in [7, 11) is 0. The summed E-state index contributed by atoms with van der Waals surface area (Å²) in [4.78, 5) is 16.4. The smallest absolute Gasteiger partial charge is 0.293 e. The van der Waals surface area contributed by atoms with Crippen molar-refractivity contribution in [2.24, 2.45) is 5.41 Å². The van der Waals surface area contributed by atoms with E-state index in [0.717, 1.165) is 25.7 Å².